The molecule has 0 fully saturated rings. The minimum Gasteiger partial charge on any atom is -0.301 e. The first-order chi connectivity index (χ1) is 12.9. The SMILES string of the molecule is Cc1ccc(C(CNS(=O)(=O)c2cnn(-c3ccccc3)c2)N(C)C)cc1. The molecule has 7 heteroatoms. The van der Waals surface area contributed by atoms with Crippen LogP contribution in [0.4, 0.5) is 0 Å². The van der Waals surface area contributed by atoms with E-state index in [9.17, 15) is 8.42 Å². The van der Waals surface area contributed by atoms with Crippen molar-refractivity contribution in [3.8, 4) is 5.69 Å². The first-order valence-electron chi connectivity index (χ1n) is 8.69. The summed E-state index contributed by atoms with van der Waals surface area (Å²) in [6, 6.07) is 17.5. The van der Waals surface area contributed by atoms with E-state index < -0.39 is 10.0 Å². The van der Waals surface area contributed by atoms with Crippen molar-refractivity contribution in [2.24, 2.45) is 0 Å². The quantitative estimate of drug-likeness (QED) is 0.680. The first-order valence-corrected chi connectivity index (χ1v) is 10.2. The van der Waals surface area contributed by atoms with Crippen molar-refractivity contribution in [2.45, 2.75) is 17.9 Å². The maximum Gasteiger partial charge on any atom is 0.243 e. The molecule has 3 aromatic rings. The molecule has 0 saturated carbocycles. The van der Waals surface area contributed by atoms with Gasteiger partial charge in [0.2, 0.25) is 10.0 Å². The second-order valence-electron chi connectivity index (χ2n) is 6.70. The molecule has 6 nitrogen and oxygen atoms in total. The molecular formula is C20H24N4O2S. The number of para-hydroxylation sites is 1. The van der Waals surface area contributed by atoms with E-state index in [2.05, 4.69) is 9.82 Å². The molecule has 0 bridgehead atoms. The van der Waals surface area contributed by atoms with E-state index in [4.69, 9.17) is 0 Å². The highest BCUT2D eigenvalue weighted by Crippen LogP contribution is 2.19. The summed E-state index contributed by atoms with van der Waals surface area (Å²) in [6.07, 6.45) is 2.89. The number of nitrogens with one attached hydrogen (secondary N) is 1. The van der Waals surface area contributed by atoms with Crippen LogP contribution >= 0.6 is 0 Å². The number of rotatable bonds is 7. The second kappa shape index (κ2) is 8.04. The van der Waals surface area contributed by atoms with Crippen molar-refractivity contribution in [1.82, 2.24) is 19.4 Å². The van der Waals surface area contributed by atoms with Gasteiger partial charge in [0, 0.05) is 12.6 Å². The highest BCUT2D eigenvalue weighted by molar-refractivity contribution is 7.89. The van der Waals surface area contributed by atoms with Crippen LogP contribution in [0.1, 0.15) is 17.2 Å². The topological polar surface area (TPSA) is 67.2 Å². The number of nitrogens with zero attached hydrogens (tertiary/aromatic N) is 3. The molecule has 1 aromatic heterocycles. The van der Waals surface area contributed by atoms with Crippen LogP contribution < -0.4 is 4.72 Å². The van der Waals surface area contributed by atoms with Gasteiger partial charge in [-0.05, 0) is 38.7 Å². The van der Waals surface area contributed by atoms with Crippen LogP contribution in [-0.4, -0.2) is 43.7 Å². The molecule has 1 heterocycles. The molecule has 1 N–H and O–H groups in total. The van der Waals surface area contributed by atoms with Crippen molar-refractivity contribution in [1.29, 1.82) is 0 Å². The Morgan fingerprint density at radius 1 is 1.07 bits per heavy atom. The summed E-state index contributed by atoms with van der Waals surface area (Å²) in [7, 11) is 0.221. The van der Waals surface area contributed by atoms with E-state index in [1.54, 1.807) is 4.68 Å². The van der Waals surface area contributed by atoms with Crippen molar-refractivity contribution >= 4 is 10.0 Å². The average molecular weight is 385 g/mol. The monoisotopic (exact) mass is 384 g/mol. The molecule has 0 amide bonds. The first kappa shape index (κ1) is 19.3. The third kappa shape index (κ3) is 4.63. The number of aryl methyl sites for hydroxylation is 1. The lowest BCUT2D eigenvalue weighted by Gasteiger charge is -2.25. The van der Waals surface area contributed by atoms with Gasteiger partial charge in [-0.3, -0.25) is 0 Å². The number of sulfonamides is 1. The smallest absolute Gasteiger partial charge is 0.243 e. The number of benzene rings is 2. The maximum absolute atomic E-state index is 12.7. The van der Waals surface area contributed by atoms with Gasteiger partial charge in [-0.2, -0.15) is 5.10 Å². The minimum atomic E-state index is -3.65. The molecule has 0 saturated heterocycles. The van der Waals surface area contributed by atoms with Crippen LogP contribution in [0.2, 0.25) is 0 Å². The fourth-order valence-corrected chi connectivity index (χ4v) is 3.79. The number of aromatic nitrogens is 2. The molecule has 0 aliphatic carbocycles. The summed E-state index contributed by atoms with van der Waals surface area (Å²) in [4.78, 5) is 2.15. The summed E-state index contributed by atoms with van der Waals surface area (Å²) in [5, 5.41) is 4.17. The second-order valence-corrected chi connectivity index (χ2v) is 8.47. The lowest BCUT2D eigenvalue weighted by molar-refractivity contribution is 0.299. The number of hydrogen-bond donors (Lipinski definition) is 1. The standard InChI is InChI=1S/C20H24N4O2S/c1-16-9-11-17(12-10-16)20(23(2)3)14-22-27(25,26)19-13-21-24(15-19)18-7-5-4-6-8-18/h4-13,15,20,22H,14H2,1-3H3. The normalized spacial score (nSPS) is 13.0. The predicted octanol–water partition coefficient (Wildman–Crippen LogP) is 2.76. The van der Waals surface area contributed by atoms with E-state index in [0.717, 1.165) is 11.3 Å². The van der Waals surface area contributed by atoms with Gasteiger partial charge in [0.05, 0.1) is 18.1 Å². The van der Waals surface area contributed by atoms with Crippen LogP contribution in [0.25, 0.3) is 5.69 Å². The molecular weight excluding hydrogens is 360 g/mol. The Kier molecular flexibility index (Phi) is 5.74. The van der Waals surface area contributed by atoms with Gasteiger partial charge in [-0.1, -0.05) is 48.0 Å². The summed E-state index contributed by atoms with van der Waals surface area (Å²) in [6.45, 7) is 2.30. The molecule has 1 unspecified atom stereocenters. The minimum absolute atomic E-state index is 0.0652. The Morgan fingerprint density at radius 2 is 1.74 bits per heavy atom. The molecule has 2 aromatic carbocycles. The van der Waals surface area contributed by atoms with Gasteiger partial charge in [0.1, 0.15) is 4.90 Å². The Bertz CT molecular complexity index is 980. The molecule has 0 radical (unpaired) electrons. The summed E-state index contributed by atoms with van der Waals surface area (Å²) in [5.41, 5.74) is 3.04. The van der Waals surface area contributed by atoms with Gasteiger partial charge in [-0.25, -0.2) is 17.8 Å². The predicted molar refractivity (Wildman–Crippen MR) is 106 cm³/mol. The Morgan fingerprint density at radius 3 is 2.37 bits per heavy atom. The zero-order valence-corrected chi connectivity index (χ0v) is 16.5. The van der Waals surface area contributed by atoms with Gasteiger partial charge in [0.15, 0.2) is 0 Å². The molecule has 0 aliphatic heterocycles. The Hall–Kier alpha value is -2.48. The van der Waals surface area contributed by atoms with E-state index in [1.165, 1.54) is 18.0 Å². The van der Waals surface area contributed by atoms with Crippen molar-refractivity contribution in [3.63, 3.8) is 0 Å². The maximum atomic E-state index is 12.7. The number of hydrogen-bond acceptors (Lipinski definition) is 4. The zero-order valence-electron chi connectivity index (χ0n) is 15.7. The molecule has 1 atom stereocenters. The summed E-state index contributed by atoms with van der Waals surface area (Å²) >= 11 is 0. The van der Waals surface area contributed by atoms with Gasteiger partial charge in [-0.15, -0.1) is 0 Å². The van der Waals surface area contributed by atoms with Crippen LogP contribution in [0.3, 0.4) is 0 Å². The average Bonchev–Trinajstić information content (AvgIpc) is 3.15. The Balaban J connectivity index is 1.75. The molecule has 3 rings (SSSR count). The number of likely N-dealkylation sites (N-methyl/N-ethyl adjacent to an activating group) is 1. The third-order valence-electron chi connectivity index (χ3n) is 4.44. The Labute approximate surface area is 160 Å². The van der Waals surface area contributed by atoms with Crippen molar-refractivity contribution in [3.05, 3.63) is 78.1 Å². The summed E-state index contributed by atoms with van der Waals surface area (Å²) < 4.78 is 29.7. The largest absolute Gasteiger partial charge is 0.301 e. The van der Waals surface area contributed by atoms with Crippen LogP contribution in [-0.2, 0) is 10.0 Å². The highest BCUT2D eigenvalue weighted by atomic mass is 32.2. The zero-order chi connectivity index (χ0) is 19.4. The van der Waals surface area contributed by atoms with E-state index in [-0.39, 0.29) is 17.5 Å². The lowest BCUT2D eigenvalue weighted by atomic mass is 10.0. The molecule has 0 aliphatic rings. The van der Waals surface area contributed by atoms with E-state index in [0.29, 0.717) is 0 Å². The van der Waals surface area contributed by atoms with Crippen LogP contribution in [0.15, 0.2) is 71.9 Å². The van der Waals surface area contributed by atoms with Crippen molar-refractivity contribution < 1.29 is 8.42 Å². The molecule has 142 valence electrons. The van der Waals surface area contributed by atoms with Crippen molar-refractivity contribution in [2.75, 3.05) is 20.6 Å². The highest BCUT2D eigenvalue weighted by Gasteiger charge is 2.21. The summed E-state index contributed by atoms with van der Waals surface area (Å²) in [5.74, 6) is 0. The van der Waals surface area contributed by atoms with Gasteiger partial charge >= 0.3 is 0 Å². The van der Waals surface area contributed by atoms with Crippen LogP contribution in [0.5, 0.6) is 0 Å². The molecule has 27 heavy (non-hydrogen) atoms. The lowest BCUT2D eigenvalue weighted by Crippen LogP contribution is -2.34. The van der Waals surface area contributed by atoms with Gasteiger partial charge in [0.25, 0.3) is 0 Å². The van der Waals surface area contributed by atoms with E-state index >= 15 is 0 Å². The fourth-order valence-electron chi connectivity index (χ4n) is 2.83. The fraction of sp³-hybridized carbons (Fsp3) is 0.250. The van der Waals surface area contributed by atoms with E-state index in [1.807, 2.05) is 80.5 Å². The van der Waals surface area contributed by atoms with Crippen LogP contribution in [0, 0.1) is 6.92 Å². The van der Waals surface area contributed by atoms with Gasteiger partial charge < -0.3 is 4.90 Å². The molecule has 0 spiro atoms. The third-order valence-corrected chi connectivity index (χ3v) is 5.82.